The number of aromatic amines is 1. The summed E-state index contributed by atoms with van der Waals surface area (Å²) >= 11 is 0. The van der Waals surface area contributed by atoms with Gasteiger partial charge in [-0.05, 0) is 36.6 Å². The van der Waals surface area contributed by atoms with Gasteiger partial charge in [-0.1, -0.05) is 0 Å². The molecule has 1 fully saturated rings. The van der Waals surface area contributed by atoms with E-state index in [-0.39, 0.29) is 0 Å². The van der Waals surface area contributed by atoms with Crippen molar-refractivity contribution in [3.63, 3.8) is 0 Å². The maximum absolute atomic E-state index is 8.94. The summed E-state index contributed by atoms with van der Waals surface area (Å²) in [6.45, 7) is 1.63. The number of pyridine rings is 2. The Labute approximate surface area is 140 Å². The van der Waals surface area contributed by atoms with Crippen LogP contribution in [0.3, 0.4) is 0 Å². The summed E-state index contributed by atoms with van der Waals surface area (Å²) in [6, 6.07) is 6.53. The Morgan fingerprint density at radius 2 is 2.04 bits per heavy atom. The third-order valence-corrected chi connectivity index (χ3v) is 4.53. The molecule has 1 aliphatic heterocycles. The van der Waals surface area contributed by atoms with Crippen LogP contribution in [0.5, 0.6) is 0 Å². The quantitative estimate of drug-likeness (QED) is 0.726. The molecule has 0 aromatic carbocycles. The highest BCUT2D eigenvalue weighted by Gasteiger charge is 2.18. The Morgan fingerprint density at radius 1 is 1.25 bits per heavy atom. The first-order valence-electron chi connectivity index (χ1n) is 8.12. The fraction of sp³-hybridized carbons (Fsp3) is 0.278. The van der Waals surface area contributed by atoms with E-state index in [0.29, 0.717) is 6.04 Å². The number of anilines is 1. The minimum atomic E-state index is 0.386. The first kappa shape index (κ1) is 14.5. The number of aromatic nitrogens is 3. The highest BCUT2D eigenvalue weighted by molar-refractivity contribution is 5.95. The second-order valence-electron chi connectivity index (χ2n) is 6.06. The zero-order valence-electron chi connectivity index (χ0n) is 13.2. The second kappa shape index (κ2) is 6.20. The molecule has 4 rings (SSSR count). The minimum absolute atomic E-state index is 0.386. The molecule has 0 amide bonds. The van der Waals surface area contributed by atoms with Gasteiger partial charge >= 0.3 is 0 Å². The molecule has 0 spiro atoms. The highest BCUT2D eigenvalue weighted by atomic mass is 15.1. The summed E-state index contributed by atoms with van der Waals surface area (Å²) in [5.41, 5.74) is 4.15. The van der Waals surface area contributed by atoms with Crippen LogP contribution in [0, 0.1) is 11.5 Å². The molecule has 0 bridgehead atoms. The summed E-state index contributed by atoms with van der Waals surface area (Å²) < 4.78 is 0. The average molecular weight is 318 g/mol. The van der Waals surface area contributed by atoms with Crippen molar-refractivity contribution in [1.82, 2.24) is 19.9 Å². The standard InChI is InChI=1S/C18H18N6/c19-12-24-7-3-14(4-8-24)23-15-9-16-17(11-22-18(16)21-10-15)13-1-5-20-6-2-13/h1-2,5-6,9-11,14,23H,3-4,7-8H2,(H,21,22). The lowest BCUT2D eigenvalue weighted by molar-refractivity contribution is 0.305. The number of H-pyrrole nitrogens is 1. The number of nitrogens with one attached hydrogen (secondary N) is 2. The molecule has 0 unspecified atom stereocenters. The van der Waals surface area contributed by atoms with Gasteiger partial charge in [-0.2, -0.15) is 5.26 Å². The molecule has 0 aliphatic carbocycles. The fourth-order valence-electron chi connectivity index (χ4n) is 3.21. The number of nitriles is 1. The van der Waals surface area contributed by atoms with Crippen molar-refractivity contribution in [2.24, 2.45) is 0 Å². The highest BCUT2D eigenvalue weighted by Crippen LogP contribution is 2.29. The molecule has 1 aliphatic rings. The van der Waals surface area contributed by atoms with Gasteiger partial charge in [0, 0.05) is 48.7 Å². The summed E-state index contributed by atoms with van der Waals surface area (Å²) in [6.07, 6.45) is 11.6. The summed E-state index contributed by atoms with van der Waals surface area (Å²) in [4.78, 5) is 13.6. The number of hydrogen-bond donors (Lipinski definition) is 2. The maximum atomic E-state index is 8.94. The third kappa shape index (κ3) is 2.76. The second-order valence-corrected chi connectivity index (χ2v) is 6.06. The Hall–Kier alpha value is -3.07. The van der Waals surface area contributed by atoms with E-state index in [1.165, 1.54) is 0 Å². The lowest BCUT2D eigenvalue weighted by atomic mass is 10.0. The lowest BCUT2D eigenvalue weighted by Crippen LogP contribution is -2.36. The average Bonchev–Trinajstić information content (AvgIpc) is 3.06. The van der Waals surface area contributed by atoms with Gasteiger partial charge in [0.05, 0.1) is 11.9 Å². The summed E-state index contributed by atoms with van der Waals surface area (Å²) in [7, 11) is 0. The van der Waals surface area contributed by atoms with Crippen molar-refractivity contribution in [1.29, 1.82) is 5.26 Å². The monoisotopic (exact) mass is 318 g/mol. The summed E-state index contributed by atoms with van der Waals surface area (Å²) in [5.74, 6) is 0. The van der Waals surface area contributed by atoms with Gasteiger partial charge in [-0.3, -0.25) is 4.98 Å². The molecule has 4 heterocycles. The van der Waals surface area contributed by atoms with Gasteiger partial charge < -0.3 is 15.2 Å². The molecule has 1 saturated heterocycles. The zero-order chi connectivity index (χ0) is 16.4. The van der Waals surface area contributed by atoms with Crippen LogP contribution in [0.25, 0.3) is 22.2 Å². The van der Waals surface area contributed by atoms with E-state index < -0.39 is 0 Å². The van der Waals surface area contributed by atoms with Crippen LogP contribution < -0.4 is 5.32 Å². The van der Waals surface area contributed by atoms with Crippen LogP contribution in [0.15, 0.2) is 43.0 Å². The Bertz CT molecular complexity index is 871. The number of piperidine rings is 1. The molecule has 6 nitrogen and oxygen atoms in total. The first-order valence-corrected chi connectivity index (χ1v) is 8.12. The predicted molar refractivity (Wildman–Crippen MR) is 93.2 cm³/mol. The van der Waals surface area contributed by atoms with Crippen LogP contribution in [-0.4, -0.2) is 39.0 Å². The van der Waals surface area contributed by atoms with Crippen molar-refractivity contribution >= 4 is 16.7 Å². The van der Waals surface area contributed by atoms with Crippen molar-refractivity contribution in [3.8, 4) is 17.3 Å². The van der Waals surface area contributed by atoms with Gasteiger partial charge in [0.15, 0.2) is 6.19 Å². The normalized spacial score (nSPS) is 15.4. The Balaban J connectivity index is 1.58. The van der Waals surface area contributed by atoms with E-state index in [1.54, 1.807) is 12.4 Å². The fourth-order valence-corrected chi connectivity index (χ4v) is 3.21. The van der Waals surface area contributed by atoms with E-state index in [0.717, 1.165) is 53.8 Å². The SMILES string of the molecule is N#CN1CCC(Nc2cnc3[nH]cc(-c4ccncc4)c3c2)CC1. The topological polar surface area (TPSA) is 80.6 Å². The molecule has 0 saturated carbocycles. The number of hydrogen-bond acceptors (Lipinski definition) is 5. The van der Waals surface area contributed by atoms with E-state index in [2.05, 4.69) is 32.5 Å². The minimum Gasteiger partial charge on any atom is -0.381 e. The lowest BCUT2D eigenvalue weighted by Gasteiger charge is -2.29. The van der Waals surface area contributed by atoms with Gasteiger partial charge in [0.25, 0.3) is 0 Å². The van der Waals surface area contributed by atoms with Crippen LogP contribution in [0.4, 0.5) is 5.69 Å². The van der Waals surface area contributed by atoms with Crippen molar-refractivity contribution in [2.75, 3.05) is 18.4 Å². The number of rotatable bonds is 3. The van der Waals surface area contributed by atoms with E-state index in [1.807, 2.05) is 29.4 Å². The third-order valence-electron chi connectivity index (χ3n) is 4.53. The predicted octanol–water partition coefficient (Wildman–Crippen LogP) is 2.98. The first-order chi connectivity index (χ1) is 11.8. The van der Waals surface area contributed by atoms with E-state index >= 15 is 0 Å². The molecule has 6 heteroatoms. The molecular formula is C18H18N6. The summed E-state index contributed by atoms with van der Waals surface area (Å²) in [5, 5.41) is 13.6. The molecule has 3 aromatic rings. The molecule has 24 heavy (non-hydrogen) atoms. The zero-order valence-corrected chi connectivity index (χ0v) is 13.2. The Kier molecular flexibility index (Phi) is 3.75. The smallest absolute Gasteiger partial charge is 0.179 e. The number of fused-ring (bicyclic) bond motifs is 1. The van der Waals surface area contributed by atoms with E-state index in [4.69, 9.17) is 5.26 Å². The molecule has 0 radical (unpaired) electrons. The molecule has 3 aromatic heterocycles. The van der Waals surface area contributed by atoms with Gasteiger partial charge in [-0.15, -0.1) is 0 Å². The van der Waals surface area contributed by atoms with Crippen molar-refractivity contribution in [3.05, 3.63) is 43.0 Å². The van der Waals surface area contributed by atoms with Crippen molar-refractivity contribution < 1.29 is 0 Å². The molecule has 0 atom stereocenters. The molecular weight excluding hydrogens is 300 g/mol. The maximum Gasteiger partial charge on any atom is 0.179 e. The van der Waals surface area contributed by atoms with E-state index in [9.17, 15) is 0 Å². The largest absolute Gasteiger partial charge is 0.381 e. The van der Waals surface area contributed by atoms with Gasteiger partial charge in [-0.25, -0.2) is 4.98 Å². The van der Waals surface area contributed by atoms with Crippen LogP contribution in [-0.2, 0) is 0 Å². The van der Waals surface area contributed by atoms with Crippen molar-refractivity contribution in [2.45, 2.75) is 18.9 Å². The Morgan fingerprint density at radius 3 is 2.79 bits per heavy atom. The van der Waals surface area contributed by atoms with Gasteiger partial charge in [0.2, 0.25) is 0 Å². The number of likely N-dealkylation sites (tertiary alicyclic amines) is 1. The van der Waals surface area contributed by atoms with Crippen LogP contribution in [0.2, 0.25) is 0 Å². The number of nitrogens with zero attached hydrogens (tertiary/aromatic N) is 4. The van der Waals surface area contributed by atoms with Gasteiger partial charge in [0.1, 0.15) is 5.65 Å². The van der Waals surface area contributed by atoms with Crippen LogP contribution >= 0.6 is 0 Å². The molecule has 2 N–H and O–H groups in total. The van der Waals surface area contributed by atoms with Crippen LogP contribution in [0.1, 0.15) is 12.8 Å². The molecule has 120 valence electrons.